The average molecular weight is 316 g/mol. The molecular formula is C18H12N4O2. The number of hydrogen-bond donors (Lipinski definition) is 1. The Kier molecular flexibility index (Phi) is 3.28. The Bertz CT molecular complexity index is 1030. The van der Waals surface area contributed by atoms with Gasteiger partial charge in [0.25, 0.3) is 5.69 Å². The molecule has 0 saturated carbocycles. The molecular weight excluding hydrogens is 304 g/mol. The first-order valence-corrected chi connectivity index (χ1v) is 7.35. The van der Waals surface area contributed by atoms with Crippen molar-refractivity contribution >= 4 is 16.5 Å². The summed E-state index contributed by atoms with van der Waals surface area (Å²) in [5.74, 6) is 0. The average Bonchev–Trinajstić information content (AvgIpc) is 3.02. The fourth-order valence-electron chi connectivity index (χ4n) is 2.82. The molecule has 1 N–H and O–H groups in total. The molecule has 0 aliphatic rings. The number of nitro benzene ring substituents is 1. The van der Waals surface area contributed by atoms with Gasteiger partial charge in [0.1, 0.15) is 0 Å². The van der Waals surface area contributed by atoms with Crippen LogP contribution in [0.1, 0.15) is 0 Å². The SMILES string of the molecule is O=[N+]([O-])c1ccc2c(-c3ccncc3)[nH]c(-c3ccncc3)c2c1. The Labute approximate surface area is 137 Å². The van der Waals surface area contributed by atoms with Crippen LogP contribution in [-0.4, -0.2) is 19.9 Å². The van der Waals surface area contributed by atoms with Gasteiger partial charge in [-0.1, -0.05) is 0 Å². The summed E-state index contributed by atoms with van der Waals surface area (Å²) < 4.78 is 0. The first-order valence-electron chi connectivity index (χ1n) is 7.35. The first kappa shape index (κ1) is 14.1. The van der Waals surface area contributed by atoms with Gasteiger partial charge in [0.05, 0.1) is 16.3 Å². The second kappa shape index (κ2) is 5.58. The molecule has 0 radical (unpaired) electrons. The summed E-state index contributed by atoms with van der Waals surface area (Å²) in [6, 6.07) is 12.5. The molecule has 116 valence electrons. The van der Waals surface area contributed by atoms with Crippen molar-refractivity contribution in [2.45, 2.75) is 0 Å². The van der Waals surface area contributed by atoms with Gasteiger partial charge in [0, 0.05) is 58.8 Å². The smallest absolute Gasteiger partial charge is 0.270 e. The first-order chi connectivity index (χ1) is 11.7. The monoisotopic (exact) mass is 316 g/mol. The number of aromatic nitrogens is 3. The van der Waals surface area contributed by atoms with Crippen molar-refractivity contribution in [1.29, 1.82) is 0 Å². The quantitative estimate of drug-likeness (QED) is 0.453. The molecule has 3 heterocycles. The molecule has 0 spiro atoms. The number of benzene rings is 1. The summed E-state index contributed by atoms with van der Waals surface area (Å²) >= 11 is 0. The van der Waals surface area contributed by atoms with Crippen molar-refractivity contribution in [3.63, 3.8) is 0 Å². The van der Waals surface area contributed by atoms with Crippen molar-refractivity contribution in [3.05, 3.63) is 77.4 Å². The number of aromatic amines is 1. The fourth-order valence-corrected chi connectivity index (χ4v) is 2.82. The molecule has 6 heteroatoms. The highest BCUT2D eigenvalue weighted by molar-refractivity contribution is 6.05. The third-order valence-electron chi connectivity index (χ3n) is 3.94. The van der Waals surface area contributed by atoms with Crippen molar-refractivity contribution in [2.24, 2.45) is 0 Å². The summed E-state index contributed by atoms with van der Waals surface area (Å²) in [5.41, 5.74) is 3.72. The molecule has 0 atom stereocenters. The van der Waals surface area contributed by atoms with Crippen LogP contribution in [0.15, 0.2) is 67.3 Å². The maximum absolute atomic E-state index is 11.1. The lowest BCUT2D eigenvalue weighted by Gasteiger charge is -1.99. The van der Waals surface area contributed by atoms with Gasteiger partial charge < -0.3 is 4.98 Å². The van der Waals surface area contributed by atoms with Crippen molar-refractivity contribution < 1.29 is 4.92 Å². The third-order valence-corrected chi connectivity index (χ3v) is 3.94. The molecule has 0 aliphatic heterocycles. The van der Waals surface area contributed by atoms with Crippen LogP contribution in [0.4, 0.5) is 5.69 Å². The van der Waals surface area contributed by atoms with E-state index in [1.165, 1.54) is 6.07 Å². The largest absolute Gasteiger partial charge is 0.354 e. The molecule has 4 aromatic rings. The minimum atomic E-state index is -0.380. The van der Waals surface area contributed by atoms with Crippen LogP contribution >= 0.6 is 0 Å². The topological polar surface area (TPSA) is 84.7 Å². The second-order valence-corrected chi connectivity index (χ2v) is 5.33. The minimum absolute atomic E-state index is 0.0677. The summed E-state index contributed by atoms with van der Waals surface area (Å²) in [7, 11) is 0. The second-order valence-electron chi connectivity index (χ2n) is 5.33. The van der Waals surface area contributed by atoms with Crippen LogP contribution < -0.4 is 0 Å². The summed E-state index contributed by atoms with van der Waals surface area (Å²) in [4.78, 5) is 22.2. The van der Waals surface area contributed by atoms with Crippen LogP contribution in [0.2, 0.25) is 0 Å². The Morgan fingerprint density at radius 2 is 1.33 bits per heavy atom. The number of nitro groups is 1. The Morgan fingerprint density at radius 3 is 1.88 bits per heavy atom. The Morgan fingerprint density at radius 1 is 0.792 bits per heavy atom. The van der Waals surface area contributed by atoms with Gasteiger partial charge in [0.15, 0.2) is 0 Å². The number of H-pyrrole nitrogens is 1. The minimum Gasteiger partial charge on any atom is -0.354 e. The van der Waals surface area contributed by atoms with E-state index < -0.39 is 0 Å². The van der Waals surface area contributed by atoms with Crippen molar-refractivity contribution in [2.75, 3.05) is 0 Å². The van der Waals surface area contributed by atoms with Gasteiger partial charge >= 0.3 is 0 Å². The maximum atomic E-state index is 11.1. The van der Waals surface area contributed by atoms with E-state index in [9.17, 15) is 10.1 Å². The Balaban J connectivity index is 2.04. The lowest BCUT2D eigenvalue weighted by Crippen LogP contribution is -1.87. The molecule has 0 bridgehead atoms. The summed E-state index contributed by atoms with van der Waals surface area (Å²) in [5, 5.41) is 12.9. The van der Waals surface area contributed by atoms with E-state index in [-0.39, 0.29) is 10.6 Å². The number of non-ortho nitro benzene ring substituents is 1. The predicted molar refractivity (Wildman–Crippen MR) is 91.4 cm³/mol. The number of hydrogen-bond acceptors (Lipinski definition) is 4. The lowest BCUT2D eigenvalue weighted by molar-refractivity contribution is -0.384. The molecule has 0 saturated heterocycles. The molecule has 0 unspecified atom stereocenters. The lowest BCUT2D eigenvalue weighted by atomic mass is 10.1. The summed E-state index contributed by atoms with van der Waals surface area (Å²) in [6.07, 6.45) is 6.84. The van der Waals surface area contributed by atoms with E-state index in [2.05, 4.69) is 15.0 Å². The molecule has 3 aromatic heterocycles. The van der Waals surface area contributed by atoms with Gasteiger partial charge in [-0.05, 0) is 30.3 Å². The highest BCUT2D eigenvalue weighted by Crippen LogP contribution is 2.37. The van der Waals surface area contributed by atoms with Crippen LogP contribution in [0.25, 0.3) is 33.3 Å². The number of pyridine rings is 2. The van der Waals surface area contributed by atoms with Crippen molar-refractivity contribution in [3.8, 4) is 22.5 Å². The van der Waals surface area contributed by atoms with Crippen LogP contribution in [0, 0.1) is 10.1 Å². The zero-order chi connectivity index (χ0) is 16.5. The molecule has 0 amide bonds. The summed E-state index contributed by atoms with van der Waals surface area (Å²) in [6.45, 7) is 0. The predicted octanol–water partition coefficient (Wildman–Crippen LogP) is 4.20. The van der Waals surface area contributed by atoms with Gasteiger partial charge in [-0.25, -0.2) is 0 Å². The zero-order valence-corrected chi connectivity index (χ0v) is 12.5. The van der Waals surface area contributed by atoms with E-state index in [1.54, 1.807) is 36.9 Å². The van der Waals surface area contributed by atoms with Crippen molar-refractivity contribution in [1.82, 2.24) is 15.0 Å². The molecule has 1 aromatic carbocycles. The van der Waals surface area contributed by atoms with E-state index in [0.29, 0.717) is 0 Å². The van der Waals surface area contributed by atoms with Gasteiger partial charge in [-0.2, -0.15) is 0 Å². The molecule has 0 aliphatic carbocycles. The maximum Gasteiger partial charge on any atom is 0.270 e. The van der Waals surface area contributed by atoms with Gasteiger partial charge in [0.2, 0.25) is 0 Å². The van der Waals surface area contributed by atoms with E-state index in [0.717, 1.165) is 33.3 Å². The molecule has 0 fully saturated rings. The number of fused-ring (bicyclic) bond motifs is 1. The fraction of sp³-hybridized carbons (Fsp3) is 0. The molecule has 4 rings (SSSR count). The number of nitrogens with zero attached hydrogens (tertiary/aromatic N) is 3. The van der Waals surface area contributed by atoms with Crippen LogP contribution in [-0.2, 0) is 0 Å². The Hall–Kier alpha value is -3.54. The van der Waals surface area contributed by atoms with E-state index in [1.807, 2.05) is 24.3 Å². The van der Waals surface area contributed by atoms with Gasteiger partial charge in [-0.15, -0.1) is 0 Å². The van der Waals surface area contributed by atoms with E-state index in [4.69, 9.17) is 0 Å². The van der Waals surface area contributed by atoms with Crippen LogP contribution in [0.3, 0.4) is 0 Å². The zero-order valence-electron chi connectivity index (χ0n) is 12.5. The van der Waals surface area contributed by atoms with Gasteiger partial charge in [-0.3, -0.25) is 20.1 Å². The highest BCUT2D eigenvalue weighted by atomic mass is 16.6. The molecule has 24 heavy (non-hydrogen) atoms. The molecule has 6 nitrogen and oxygen atoms in total. The normalized spacial score (nSPS) is 10.8. The highest BCUT2D eigenvalue weighted by Gasteiger charge is 2.16. The standard InChI is InChI=1S/C18H12N4O2/c23-22(24)14-1-2-15-16(11-14)18(13-5-9-20-10-6-13)21-17(15)12-3-7-19-8-4-12/h1-11,21H. The van der Waals surface area contributed by atoms with E-state index >= 15 is 0 Å². The number of nitrogens with one attached hydrogen (secondary N) is 1. The number of rotatable bonds is 3. The third kappa shape index (κ3) is 2.30. The van der Waals surface area contributed by atoms with Crippen LogP contribution in [0.5, 0.6) is 0 Å².